The van der Waals surface area contributed by atoms with Crippen molar-refractivity contribution >= 4 is 5.97 Å². The molecule has 3 heteroatoms. The summed E-state index contributed by atoms with van der Waals surface area (Å²) in [4.78, 5) is 10.8. The minimum Gasteiger partial charge on any atom is -0.489 e. The van der Waals surface area contributed by atoms with Crippen molar-refractivity contribution in [2.75, 3.05) is 0 Å². The number of carboxylic acid groups (broad SMARTS) is 1. The molecule has 0 aliphatic heterocycles. The molecule has 0 aliphatic carbocycles. The Kier molecular flexibility index (Phi) is 4.92. The molecular weight excluding hydrogens is 300 g/mol. The number of ether oxygens (including phenoxy) is 1. The fourth-order valence-electron chi connectivity index (χ4n) is 2.52. The largest absolute Gasteiger partial charge is 0.489 e. The molecule has 0 heterocycles. The highest BCUT2D eigenvalue weighted by molar-refractivity contribution is 5.72. The van der Waals surface area contributed by atoms with E-state index in [0.29, 0.717) is 6.61 Å². The van der Waals surface area contributed by atoms with Crippen LogP contribution in [0.3, 0.4) is 0 Å². The van der Waals surface area contributed by atoms with Crippen LogP contribution in [0.25, 0.3) is 11.1 Å². The molecule has 1 N–H and O–H groups in total. The van der Waals surface area contributed by atoms with E-state index in [9.17, 15) is 4.79 Å². The first-order chi connectivity index (χ1) is 11.7. The standard InChI is InChI=1S/C21H18O3/c22-21(23)14-17-7-4-8-19(13-17)18-9-11-20(12-10-18)24-15-16-5-2-1-3-6-16/h1-13H,14-15H2,(H,22,23). The molecule has 24 heavy (non-hydrogen) atoms. The zero-order chi connectivity index (χ0) is 16.8. The molecule has 3 aromatic carbocycles. The van der Waals surface area contributed by atoms with Gasteiger partial charge in [-0.25, -0.2) is 0 Å². The molecule has 120 valence electrons. The summed E-state index contributed by atoms with van der Waals surface area (Å²) < 4.78 is 5.78. The minimum absolute atomic E-state index is 0.0338. The predicted molar refractivity (Wildman–Crippen MR) is 94.0 cm³/mol. The van der Waals surface area contributed by atoms with Crippen LogP contribution in [0.15, 0.2) is 78.9 Å². The fourth-order valence-corrected chi connectivity index (χ4v) is 2.52. The molecule has 0 atom stereocenters. The topological polar surface area (TPSA) is 46.5 Å². The number of hydrogen-bond acceptors (Lipinski definition) is 2. The van der Waals surface area contributed by atoms with Crippen molar-refractivity contribution < 1.29 is 14.6 Å². The van der Waals surface area contributed by atoms with Crippen LogP contribution in [0.5, 0.6) is 5.75 Å². The summed E-state index contributed by atoms with van der Waals surface area (Å²) in [5, 5.41) is 8.90. The highest BCUT2D eigenvalue weighted by Crippen LogP contribution is 2.24. The molecule has 0 bridgehead atoms. The lowest BCUT2D eigenvalue weighted by atomic mass is 10.0. The van der Waals surface area contributed by atoms with E-state index in [4.69, 9.17) is 9.84 Å². The summed E-state index contributed by atoms with van der Waals surface area (Å²) in [6.45, 7) is 0.536. The Morgan fingerprint density at radius 1 is 0.792 bits per heavy atom. The Hall–Kier alpha value is -3.07. The maximum atomic E-state index is 10.8. The molecule has 0 saturated heterocycles. The predicted octanol–water partition coefficient (Wildman–Crippen LogP) is 4.56. The van der Waals surface area contributed by atoms with E-state index in [-0.39, 0.29) is 6.42 Å². The molecule has 0 aromatic heterocycles. The lowest BCUT2D eigenvalue weighted by Crippen LogP contribution is -1.99. The number of carbonyl (C=O) groups is 1. The molecule has 3 nitrogen and oxygen atoms in total. The third kappa shape index (κ3) is 4.23. The van der Waals surface area contributed by atoms with Gasteiger partial charge in [-0.1, -0.05) is 66.7 Å². The van der Waals surface area contributed by atoms with Gasteiger partial charge in [0.15, 0.2) is 0 Å². The molecule has 3 aromatic rings. The van der Waals surface area contributed by atoms with Crippen LogP contribution in [0, 0.1) is 0 Å². The van der Waals surface area contributed by atoms with E-state index in [1.54, 1.807) is 0 Å². The van der Waals surface area contributed by atoms with Gasteiger partial charge in [-0.15, -0.1) is 0 Å². The highest BCUT2D eigenvalue weighted by Gasteiger charge is 2.04. The molecule has 0 unspecified atom stereocenters. The fraction of sp³-hybridized carbons (Fsp3) is 0.0952. The summed E-state index contributed by atoms with van der Waals surface area (Å²) >= 11 is 0. The van der Waals surface area contributed by atoms with Gasteiger partial charge >= 0.3 is 5.97 Å². The number of benzene rings is 3. The molecule has 0 spiro atoms. The number of aliphatic carboxylic acids is 1. The van der Waals surface area contributed by atoms with E-state index in [1.165, 1.54) is 0 Å². The molecular formula is C21H18O3. The van der Waals surface area contributed by atoms with E-state index < -0.39 is 5.97 Å². The van der Waals surface area contributed by atoms with Crippen molar-refractivity contribution in [3.63, 3.8) is 0 Å². The third-order valence-electron chi connectivity index (χ3n) is 3.72. The summed E-state index contributed by atoms with van der Waals surface area (Å²) in [6.07, 6.45) is 0.0338. The lowest BCUT2D eigenvalue weighted by Gasteiger charge is -2.08. The summed E-state index contributed by atoms with van der Waals surface area (Å²) in [6, 6.07) is 25.5. The maximum Gasteiger partial charge on any atom is 0.307 e. The van der Waals surface area contributed by atoms with Crippen LogP contribution in [-0.2, 0) is 17.8 Å². The average molecular weight is 318 g/mol. The van der Waals surface area contributed by atoms with Crippen molar-refractivity contribution in [1.29, 1.82) is 0 Å². The van der Waals surface area contributed by atoms with Gasteiger partial charge in [0, 0.05) is 0 Å². The van der Waals surface area contributed by atoms with Crippen LogP contribution in [0.2, 0.25) is 0 Å². The molecule has 3 rings (SSSR count). The van der Waals surface area contributed by atoms with Crippen LogP contribution in [0.4, 0.5) is 0 Å². The number of hydrogen-bond donors (Lipinski definition) is 1. The Bertz CT molecular complexity index is 808. The molecule has 0 fully saturated rings. The van der Waals surface area contributed by atoms with Crippen LogP contribution < -0.4 is 4.74 Å². The van der Waals surface area contributed by atoms with Crippen molar-refractivity contribution in [3.05, 3.63) is 90.0 Å². The Balaban J connectivity index is 1.69. The normalized spacial score (nSPS) is 10.3. The number of rotatable bonds is 6. The second-order valence-electron chi connectivity index (χ2n) is 5.57. The van der Waals surface area contributed by atoms with Crippen LogP contribution >= 0.6 is 0 Å². The van der Waals surface area contributed by atoms with E-state index in [1.807, 2.05) is 78.9 Å². The van der Waals surface area contributed by atoms with Gasteiger partial charge < -0.3 is 9.84 Å². The van der Waals surface area contributed by atoms with Gasteiger partial charge in [-0.05, 0) is 34.4 Å². The first kappa shape index (κ1) is 15.8. The smallest absolute Gasteiger partial charge is 0.307 e. The van der Waals surface area contributed by atoms with Crippen molar-refractivity contribution in [2.45, 2.75) is 13.0 Å². The molecule has 0 aliphatic rings. The molecule has 0 saturated carbocycles. The van der Waals surface area contributed by atoms with Crippen molar-refractivity contribution in [3.8, 4) is 16.9 Å². The van der Waals surface area contributed by atoms with Gasteiger partial charge in [-0.2, -0.15) is 0 Å². The number of carboxylic acids is 1. The summed E-state index contributed by atoms with van der Waals surface area (Å²) in [5.74, 6) is -0.0129. The SMILES string of the molecule is O=C(O)Cc1cccc(-c2ccc(OCc3ccccc3)cc2)c1. The van der Waals surface area contributed by atoms with Crippen LogP contribution in [0.1, 0.15) is 11.1 Å². The zero-order valence-electron chi connectivity index (χ0n) is 13.2. The highest BCUT2D eigenvalue weighted by atomic mass is 16.5. The van der Waals surface area contributed by atoms with E-state index in [0.717, 1.165) is 28.0 Å². The van der Waals surface area contributed by atoms with Gasteiger partial charge in [0.2, 0.25) is 0 Å². The Labute approximate surface area is 141 Å². The minimum atomic E-state index is -0.822. The second kappa shape index (κ2) is 7.47. The Morgan fingerprint density at radius 2 is 1.50 bits per heavy atom. The molecule has 0 radical (unpaired) electrons. The van der Waals surface area contributed by atoms with Gasteiger partial charge in [0.25, 0.3) is 0 Å². The van der Waals surface area contributed by atoms with Gasteiger partial charge in [-0.3, -0.25) is 4.79 Å². The first-order valence-electron chi connectivity index (χ1n) is 7.78. The zero-order valence-corrected chi connectivity index (χ0v) is 13.2. The monoisotopic (exact) mass is 318 g/mol. The van der Waals surface area contributed by atoms with Crippen LogP contribution in [-0.4, -0.2) is 11.1 Å². The second-order valence-corrected chi connectivity index (χ2v) is 5.57. The van der Waals surface area contributed by atoms with Gasteiger partial charge in [0.05, 0.1) is 6.42 Å². The van der Waals surface area contributed by atoms with Crippen molar-refractivity contribution in [2.24, 2.45) is 0 Å². The quantitative estimate of drug-likeness (QED) is 0.725. The average Bonchev–Trinajstić information content (AvgIpc) is 2.61. The third-order valence-corrected chi connectivity index (χ3v) is 3.72. The summed E-state index contributed by atoms with van der Waals surface area (Å²) in [7, 11) is 0. The summed E-state index contributed by atoms with van der Waals surface area (Å²) in [5.41, 5.74) is 3.96. The lowest BCUT2D eigenvalue weighted by molar-refractivity contribution is -0.136. The van der Waals surface area contributed by atoms with Crippen molar-refractivity contribution in [1.82, 2.24) is 0 Å². The van der Waals surface area contributed by atoms with E-state index >= 15 is 0 Å². The maximum absolute atomic E-state index is 10.8. The van der Waals surface area contributed by atoms with E-state index in [2.05, 4.69) is 0 Å². The van der Waals surface area contributed by atoms with Gasteiger partial charge in [0.1, 0.15) is 12.4 Å². The molecule has 0 amide bonds. The first-order valence-corrected chi connectivity index (χ1v) is 7.78. The Morgan fingerprint density at radius 3 is 2.21 bits per heavy atom.